The summed E-state index contributed by atoms with van der Waals surface area (Å²) in [5, 5.41) is 7.70. The van der Waals surface area contributed by atoms with Gasteiger partial charge in [-0.2, -0.15) is 5.10 Å². The van der Waals surface area contributed by atoms with E-state index in [4.69, 9.17) is 0 Å². The highest BCUT2D eigenvalue weighted by Crippen LogP contribution is 2.13. The zero-order valence-electron chi connectivity index (χ0n) is 10.4. The van der Waals surface area contributed by atoms with Gasteiger partial charge in [0.25, 0.3) is 0 Å². The number of nitrogens with one attached hydrogen (secondary N) is 1. The standard InChI is InChI=1S/C14H19N3/c1-3-12(2)16-14-7-4-6-13(10-14)11-17-9-5-8-15-17/h4-10,12,16H,3,11H2,1-2H3. The highest BCUT2D eigenvalue weighted by atomic mass is 15.3. The summed E-state index contributed by atoms with van der Waals surface area (Å²) in [5.74, 6) is 0. The maximum absolute atomic E-state index is 4.21. The van der Waals surface area contributed by atoms with Gasteiger partial charge in [-0.05, 0) is 37.1 Å². The average Bonchev–Trinajstić information content (AvgIpc) is 2.82. The van der Waals surface area contributed by atoms with Gasteiger partial charge in [0.1, 0.15) is 0 Å². The second-order valence-electron chi connectivity index (χ2n) is 4.36. The Hall–Kier alpha value is -1.77. The fourth-order valence-corrected chi connectivity index (χ4v) is 1.73. The van der Waals surface area contributed by atoms with Crippen molar-refractivity contribution < 1.29 is 0 Å². The molecule has 3 nitrogen and oxygen atoms in total. The van der Waals surface area contributed by atoms with Gasteiger partial charge in [0.2, 0.25) is 0 Å². The Labute approximate surface area is 102 Å². The van der Waals surface area contributed by atoms with E-state index in [-0.39, 0.29) is 0 Å². The molecule has 2 aromatic rings. The van der Waals surface area contributed by atoms with Crippen molar-refractivity contribution in [2.75, 3.05) is 5.32 Å². The second-order valence-corrected chi connectivity index (χ2v) is 4.36. The summed E-state index contributed by atoms with van der Waals surface area (Å²) in [7, 11) is 0. The summed E-state index contributed by atoms with van der Waals surface area (Å²) in [6.45, 7) is 5.20. The molecule has 0 amide bonds. The quantitative estimate of drug-likeness (QED) is 0.853. The maximum atomic E-state index is 4.21. The third-order valence-corrected chi connectivity index (χ3v) is 2.86. The smallest absolute Gasteiger partial charge is 0.0660 e. The summed E-state index contributed by atoms with van der Waals surface area (Å²) in [5.41, 5.74) is 2.45. The Bertz CT molecular complexity index is 448. The molecule has 1 aromatic carbocycles. The summed E-state index contributed by atoms with van der Waals surface area (Å²) in [6.07, 6.45) is 4.92. The van der Waals surface area contributed by atoms with Crippen LogP contribution in [0.2, 0.25) is 0 Å². The van der Waals surface area contributed by atoms with Crippen LogP contribution in [0.15, 0.2) is 42.7 Å². The number of nitrogens with zero attached hydrogens (tertiary/aromatic N) is 2. The molecule has 1 aromatic heterocycles. The summed E-state index contributed by atoms with van der Waals surface area (Å²) in [6, 6.07) is 11.0. The van der Waals surface area contributed by atoms with E-state index in [0.717, 1.165) is 13.0 Å². The molecule has 1 N–H and O–H groups in total. The third-order valence-electron chi connectivity index (χ3n) is 2.86. The summed E-state index contributed by atoms with van der Waals surface area (Å²) >= 11 is 0. The fourth-order valence-electron chi connectivity index (χ4n) is 1.73. The van der Waals surface area contributed by atoms with Crippen molar-refractivity contribution in [3.63, 3.8) is 0 Å². The monoisotopic (exact) mass is 229 g/mol. The predicted molar refractivity (Wildman–Crippen MR) is 71.1 cm³/mol. The van der Waals surface area contributed by atoms with E-state index in [0.29, 0.717) is 6.04 Å². The van der Waals surface area contributed by atoms with Gasteiger partial charge in [0.05, 0.1) is 6.54 Å². The number of rotatable bonds is 5. The second kappa shape index (κ2) is 5.53. The molecular formula is C14H19N3. The van der Waals surface area contributed by atoms with Crippen LogP contribution in [0.3, 0.4) is 0 Å². The molecule has 1 unspecified atom stereocenters. The molecule has 0 fully saturated rings. The molecule has 17 heavy (non-hydrogen) atoms. The van der Waals surface area contributed by atoms with Crippen LogP contribution < -0.4 is 5.32 Å². The molecule has 1 heterocycles. The first-order valence-corrected chi connectivity index (χ1v) is 6.11. The minimum atomic E-state index is 0.509. The molecule has 0 aliphatic rings. The number of benzene rings is 1. The van der Waals surface area contributed by atoms with E-state index in [1.165, 1.54) is 11.3 Å². The van der Waals surface area contributed by atoms with Gasteiger partial charge in [-0.3, -0.25) is 4.68 Å². The SMILES string of the molecule is CCC(C)Nc1cccc(Cn2cccn2)c1. The van der Waals surface area contributed by atoms with Crippen LogP contribution in [0.25, 0.3) is 0 Å². The third kappa shape index (κ3) is 3.34. The van der Waals surface area contributed by atoms with E-state index < -0.39 is 0 Å². The maximum Gasteiger partial charge on any atom is 0.0660 e. The van der Waals surface area contributed by atoms with Gasteiger partial charge < -0.3 is 5.32 Å². The number of hydrogen-bond donors (Lipinski definition) is 1. The molecular weight excluding hydrogens is 210 g/mol. The van der Waals surface area contributed by atoms with E-state index >= 15 is 0 Å². The van der Waals surface area contributed by atoms with Crippen LogP contribution in [0.1, 0.15) is 25.8 Å². The van der Waals surface area contributed by atoms with E-state index in [1.54, 1.807) is 6.20 Å². The molecule has 0 spiro atoms. The van der Waals surface area contributed by atoms with Gasteiger partial charge >= 0.3 is 0 Å². The van der Waals surface area contributed by atoms with Crippen LogP contribution in [-0.2, 0) is 6.54 Å². The van der Waals surface area contributed by atoms with Crippen molar-refractivity contribution in [3.05, 3.63) is 48.3 Å². The lowest BCUT2D eigenvalue weighted by Crippen LogP contribution is -2.13. The first kappa shape index (κ1) is 11.7. The summed E-state index contributed by atoms with van der Waals surface area (Å²) < 4.78 is 1.93. The van der Waals surface area contributed by atoms with E-state index in [9.17, 15) is 0 Å². The lowest BCUT2D eigenvalue weighted by Gasteiger charge is -2.13. The highest BCUT2D eigenvalue weighted by Gasteiger charge is 2.00. The lowest BCUT2D eigenvalue weighted by molar-refractivity contribution is 0.686. The molecule has 0 radical (unpaired) electrons. The molecule has 0 aliphatic heterocycles. The van der Waals surface area contributed by atoms with Crippen molar-refractivity contribution in [2.45, 2.75) is 32.9 Å². The topological polar surface area (TPSA) is 29.9 Å². The van der Waals surface area contributed by atoms with Gasteiger partial charge in [-0.1, -0.05) is 19.1 Å². The largest absolute Gasteiger partial charge is 0.383 e. The Balaban J connectivity index is 2.06. The first-order valence-electron chi connectivity index (χ1n) is 6.11. The lowest BCUT2D eigenvalue weighted by atomic mass is 10.1. The Morgan fingerprint density at radius 2 is 2.24 bits per heavy atom. The van der Waals surface area contributed by atoms with Crippen LogP contribution in [-0.4, -0.2) is 15.8 Å². The Morgan fingerprint density at radius 3 is 2.94 bits per heavy atom. The highest BCUT2D eigenvalue weighted by molar-refractivity contribution is 5.46. The van der Waals surface area contributed by atoms with Crippen molar-refractivity contribution in [2.24, 2.45) is 0 Å². The fraction of sp³-hybridized carbons (Fsp3) is 0.357. The summed E-state index contributed by atoms with van der Waals surface area (Å²) in [4.78, 5) is 0. The molecule has 1 atom stereocenters. The zero-order valence-corrected chi connectivity index (χ0v) is 10.4. The van der Waals surface area contributed by atoms with Gasteiger partial charge in [0.15, 0.2) is 0 Å². The molecule has 0 aliphatic carbocycles. The average molecular weight is 229 g/mol. The molecule has 3 heteroatoms. The van der Waals surface area contributed by atoms with Crippen molar-refractivity contribution in [3.8, 4) is 0 Å². The zero-order chi connectivity index (χ0) is 12.1. The van der Waals surface area contributed by atoms with Gasteiger partial charge in [-0.25, -0.2) is 0 Å². The van der Waals surface area contributed by atoms with Crippen molar-refractivity contribution >= 4 is 5.69 Å². The number of hydrogen-bond acceptors (Lipinski definition) is 2. The Morgan fingerprint density at radius 1 is 1.35 bits per heavy atom. The predicted octanol–water partition coefficient (Wildman–Crippen LogP) is 3.14. The van der Waals surface area contributed by atoms with Gasteiger partial charge in [0, 0.05) is 24.1 Å². The van der Waals surface area contributed by atoms with Crippen LogP contribution in [0.4, 0.5) is 5.69 Å². The molecule has 0 saturated heterocycles. The van der Waals surface area contributed by atoms with Crippen LogP contribution >= 0.6 is 0 Å². The Kier molecular flexibility index (Phi) is 3.81. The van der Waals surface area contributed by atoms with Crippen molar-refractivity contribution in [1.82, 2.24) is 9.78 Å². The van der Waals surface area contributed by atoms with Gasteiger partial charge in [-0.15, -0.1) is 0 Å². The normalized spacial score (nSPS) is 12.4. The molecule has 90 valence electrons. The van der Waals surface area contributed by atoms with E-state index in [2.05, 4.69) is 48.5 Å². The first-order chi connectivity index (χ1) is 8.28. The number of anilines is 1. The van der Waals surface area contributed by atoms with Crippen LogP contribution in [0.5, 0.6) is 0 Å². The molecule has 2 rings (SSSR count). The minimum Gasteiger partial charge on any atom is -0.383 e. The molecule has 0 bridgehead atoms. The number of aromatic nitrogens is 2. The van der Waals surface area contributed by atoms with E-state index in [1.807, 2.05) is 16.9 Å². The van der Waals surface area contributed by atoms with Crippen LogP contribution in [0, 0.1) is 0 Å². The minimum absolute atomic E-state index is 0.509. The molecule has 0 saturated carbocycles. The van der Waals surface area contributed by atoms with Crippen molar-refractivity contribution in [1.29, 1.82) is 0 Å².